The first-order chi connectivity index (χ1) is 11.5. The Balaban J connectivity index is 2.05. The summed E-state index contributed by atoms with van der Waals surface area (Å²) < 4.78 is 7.01. The van der Waals surface area contributed by atoms with Gasteiger partial charge in [-0.2, -0.15) is 0 Å². The summed E-state index contributed by atoms with van der Waals surface area (Å²) in [7, 11) is 0. The van der Waals surface area contributed by atoms with E-state index in [-0.39, 0.29) is 5.56 Å². The van der Waals surface area contributed by atoms with E-state index in [0.29, 0.717) is 44.3 Å². The van der Waals surface area contributed by atoms with Gasteiger partial charge in [0.05, 0.1) is 10.9 Å². The fourth-order valence-electron chi connectivity index (χ4n) is 2.23. The number of hydrogen-bond donors (Lipinski definition) is 0. The molecule has 0 saturated carbocycles. The van der Waals surface area contributed by atoms with Gasteiger partial charge in [0.15, 0.2) is 5.16 Å². The van der Waals surface area contributed by atoms with Crippen LogP contribution in [0, 0.1) is 5.92 Å². The molecule has 0 N–H and O–H groups in total. The zero-order chi connectivity index (χ0) is 17.3. The SMILES string of the molecule is CC(C)Cn1c(SCc2nnsc2Cl)nc2ccc(Br)cc2c1=O. The van der Waals surface area contributed by atoms with Crippen LogP contribution in [0.4, 0.5) is 0 Å². The Labute approximate surface area is 160 Å². The summed E-state index contributed by atoms with van der Waals surface area (Å²) in [6.45, 7) is 4.76. The second kappa shape index (κ2) is 7.51. The van der Waals surface area contributed by atoms with Crippen LogP contribution < -0.4 is 5.56 Å². The van der Waals surface area contributed by atoms with Crippen molar-refractivity contribution < 1.29 is 0 Å². The first-order valence-electron chi connectivity index (χ1n) is 7.25. The van der Waals surface area contributed by atoms with Crippen molar-refractivity contribution in [2.24, 2.45) is 5.92 Å². The zero-order valence-corrected chi connectivity index (χ0v) is 17.0. The molecule has 2 heterocycles. The van der Waals surface area contributed by atoms with Crippen LogP contribution in [0.1, 0.15) is 19.5 Å². The van der Waals surface area contributed by atoms with Gasteiger partial charge < -0.3 is 0 Å². The maximum atomic E-state index is 12.9. The number of thioether (sulfide) groups is 1. The Hall–Kier alpha value is -0.960. The van der Waals surface area contributed by atoms with Gasteiger partial charge in [0, 0.05) is 28.3 Å². The molecule has 0 aliphatic heterocycles. The molecule has 0 bridgehead atoms. The molecule has 0 atom stereocenters. The van der Waals surface area contributed by atoms with Gasteiger partial charge in [-0.05, 0) is 24.1 Å². The molecule has 126 valence electrons. The Morgan fingerprint density at radius 3 is 2.88 bits per heavy atom. The average Bonchev–Trinajstić information content (AvgIpc) is 2.94. The van der Waals surface area contributed by atoms with Gasteiger partial charge in [-0.3, -0.25) is 9.36 Å². The highest BCUT2D eigenvalue weighted by Crippen LogP contribution is 2.27. The normalized spacial score (nSPS) is 11.5. The largest absolute Gasteiger partial charge is 0.287 e. The van der Waals surface area contributed by atoms with E-state index < -0.39 is 0 Å². The lowest BCUT2D eigenvalue weighted by molar-refractivity contribution is 0.475. The van der Waals surface area contributed by atoms with E-state index in [1.807, 2.05) is 18.2 Å². The summed E-state index contributed by atoms with van der Waals surface area (Å²) in [5.41, 5.74) is 1.38. The lowest BCUT2D eigenvalue weighted by Gasteiger charge is -2.14. The summed E-state index contributed by atoms with van der Waals surface area (Å²) >= 11 is 12.1. The second-order valence-electron chi connectivity index (χ2n) is 5.65. The summed E-state index contributed by atoms with van der Waals surface area (Å²) in [6.07, 6.45) is 0. The Morgan fingerprint density at radius 2 is 2.21 bits per heavy atom. The van der Waals surface area contributed by atoms with Gasteiger partial charge in [0.25, 0.3) is 5.56 Å². The highest BCUT2D eigenvalue weighted by Gasteiger charge is 2.15. The highest BCUT2D eigenvalue weighted by atomic mass is 79.9. The van der Waals surface area contributed by atoms with Crippen molar-refractivity contribution in [1.82, 2.24) is 19.1 Å². The van der Waals surface area contributed by atoms with Gasteiger partial charge >= 0.3 is 0 Å². The van der Waals surface area contributed by atoms with Crippen molar-refractivity contribution in [1.29, 1.82) is 0 Å². The molecule has 24 heavy (non-hydrogen) atoms. The molecule has 3 rings (SSSR count). The quantitative estimate of drug-likeness (QED) is 0.424. The molecular formula is C15H14BrClN4OS2. The molecular weight excluding hydrogens is 432 g/mol. The molecule has 9 heteroatoms. The minimum atomic E-state index is -0.0278. The number of hydrogen-bond acceptors (Lipinski definition) is 6. The topological polar surface area (TPSA) is 60.7 Å². The van der Waals surface area contributed by atoms with E-state index in [0.717, 1.165) is 16.0 Å². The molecule has 5 nitrogen and oxygen atoms in total. The summed E-state index contributed by atoms with van der Waals surface area (Å²) in [6, 6.07) is 5.55. The first-order valence-corrected chi connectivity index (χ1v) is 10.2. The number of fused-ring (bicyclic) bond motifs is 1. The molecule has 2 aromatic heterocycles. The van der Waals surface area contributed by atoms with Gasteiger partial charge in [-0.25, -0.2) is 4.98 Å². The van der Waals surface area contributed by atoms with Crippen molar-refractivity contribution in [3.05, 3.63) is 43.1 Å². The van der Waals surface area contributed by atoms with E-state index in [1.165, 1.54) is 11.8 Å². The standard InChI is InChI=1S/C15H14BrClN4OS2/c1-8(2)6-21-14(22)10-5-9(16)3-4-11(10)18-15(21)23-7-12-13(17)24-20-19-12/h3-5,8H,6-7H2,1-2H3. The number of aromatic nitrogens is 4. The Kier molecular flexibility index (Phi) is 5.59. The van der Waals surface area contributed by atoms with E-state index in [9.17, 15) is 4.79 Å². The van der Waals surface area contributed by atoms with Crippen LogP contribution in [0.3, 0.4) is 0 Å². The number of benzene rings is 1. The Morgan fingerprint density at radius 1 is 1.42 bits per heavy atom. The third-order valence-corrected chi connectivity index (χ3v) is 5.74. The van der Waals surface area contributed by atoms with Crippen molar-refractivity contribution in [3.63, 3.8) is 0 Å². The molecule has 0 fully saturated rings. The molecule has 0 aliphatic rings. The molecule has 0 amide bonds. The summed E-state index contributed by atoms with van der Waals surface area (Å²) in [5, 5.41) is 5.30. The van der Waals surface area contributed by atoms with Crippen LogP contribution in [-0.4, -0.2) is 19.1 Å². The first kappa shape index (κ1) is 17.8. The molecule has 3 aromatic rings. The van der Waals surface area contributed by atoms with E-state index >= 15 is 0 Å². The molecule has 0 aliphatic carbocycles. The minimum Gasteiger partial charge on any atom is -0.287 e. The molecule has 0 unspecified atom stereocenters. The smallest absolute Gasteiger partial charge is 0.262 e. The lowest BCUT2D eigenvalue weighted by atomic mass is 10.2. The minimum absolute atomic E-state index is 0.0278. The summed E-state index contributed by atoms with van der Waals surface area (Å²) in [4.78, 5) is 17.6. The Bertz CT molecular complexity index is 941. The van der Waals surface area contributed by atoms with Crippen molar-refractivity contribution in [2.75, 3.05) is 0 Å². The molecule has 0 radical (unpaired) electrons. The van der Waals surface area contributed by atoms with Gasteiger partial charge in [0.2, 0.25) is 0 Å². The van der Waals surface area contributed by atoms with Gasteiger partial charge in [0.1, 0.15) is 10.0 Å². The third-order valence-electron chi connectivity index (χ3n) is 3.28. The van der Waals surface area contributed by atoms with Crippen LogP contribution in [-0.2, 0) is 12.3 Å². The molecule has 0 spiro atoms. The molecule has 0 saturated heterocycles. The van der Waals surface area contributed by atoms with Crippen LogP contribution in [0.15, 0.2) is 32.6 Å². The predicted octanol–water partition coefficient (Wildman–Crippen LogP) is 4.61. The van der Waals surface area contributed by atoms with Gasteiger partial charge in [-0.15, -0.1) is 5.10 Å². The second-order valence-corrected chi connectivity index (χ2v) is 8.86. The van der Waals surface area contributed by atoms with Crippen molar-refractivity contribution in [2.45, 2.75) is 31.3 Å². The van der Waals surface area contributed by atoms with E-state index in [2.05, 4.69) is 44.3 Å². The van der Waals surface area contributed by atoms with Crippen LogP contribution in [0.25, 0.3) is 10.9 Å². The van der Waals surface area contributed by atoms with E-state index in [4.69, 9.17) is 11.6 Å². The molecule has 1 aromatic carbocycles. The van der Waals surface area contributed by atoms with Crippen LogP contribution >= 0.6 is 50.8 Å². The third kappa shape index (κ3) is 3.82. The average molecular weight is 446 g/mol. The predicted molar refractivity (Wildman–Crippen MR) is 103 cm³/mol. The van der Waals surface area contributed by atoms with Gasteiger partial charge in [-0.1, -0.05) is 57.6 Å². The maximum Gasteiger partial charge on any atom is 0.262 e. The van der Waals surface area contributed by atoms with E-state index in [1.54, 1.807) is 4.57 Å². The van der Waals surface area contributed by atoms with Crippen LogP contribution in [0.2, 0.25) is 4.34 Å². The fourth-order valence-corrected chi connectivity index (χ4v) is 4.33. The number of halogens is 2. The van der Waals surface area contributed by atoms with Crippen LogP contribution in [0.5, 0.6) is 0 Å². The van der Waals surface area contributed by atoms with Crippen molar-refractivity contribution >= 4 is 61.7 Å². The number of rotatable bonds is 5. The highest BCUT2D eigenvalue weighted by molar-refractivity contribution is 9.10. The number of nitrogens with zero attached hydrogens (tertiary/aromatic N) is 4. The zero-order valence-electron chi connectivity index (χ0n) is 13.0. The fraction of sp³-hybridized carbons (Fsp3) is 0.333. The monoisotopic (exact) mass is 444 g/mol. The maximum absolute atomic E-state index is 12.9. The summed E-state index contributed by atoms with van der Waals surface area (Å²) in [5.74, 6) is 0.861. The van der Waals surface area contributed by atoms with Crippen molar-refractivity contribution in [3.8, 4) is 0 Å². The lowest BCUT2D eigenvalue weighted by Crippen LogP contribution is -2.25.